The van der Waals surface area contributed by atoms with Crippen molar-refractivity contribution in [2.45, 2.75) is 26.4 Å². The average molecular weight is 292 g/mol. The minimum absolute atomic E-state index is 0.231. The maximum atomic E-state index is 9.87. The van der Waals surface area contributed by atoms with Crippen LogP contribution in [0, 0.1) is 5.92 Å². The summed E-state index contributed by atoms with van der Waals surface area (Å²) in [6, 6.07) is 0. The number of aliphatic hydroxyl groups excluding tert-OH is 1. The van der Waals surface area contributed by atoms with Gasteiger partial charge in [-0.05, 0) is 12.3 Å². The van der Waals surface area contributed by atoms with E-state index < -0.39 is 6.10 Å². The first-order chi connectivity index (χ1) is 10.1. The highest BCUT2D eigenvalue weighted by molar-refractivity contribution is 5.37. The number of nitrogens with two attached hydrogens (primary N) is 1. The number of rotatable bonds is 7. The van der Waals surface area contributed by atoms with Crippen molar-refractivity contribution in [1.29, 1.82) is 0 Å². The molecule has 9 nitrogen and oxygen atoms in total. The van der Waals surface area contributed by atoms with E-state index in [1.807, 2.05) is 0 Å². The number of hydrogen-bond donors (Lipinski definition) is 4. The normalized spacial score (nSPS) is 12.4. The summed E-state index contributed by atoms with van der Waals surface area (Å²) in [4.78, 5) is 16.4. The first-order valence-corrected chi connectivity index (χ1v) is 6.71. The third-order valence-corrected chi connectivity index (χ3v) is 2.73. The van der Waals surface area contributed by atoms with Crippen molar-refractivity contribution in [1.82, 2.24) is 24.5 Å². The lowest BCUT2D eigenvalue weighted by Crippen LogP contribution is -2.23. The minimum Gasteiger partial charge on any atom is -0.391 e. The van der Waals surface area contributed by atoms with Gasteiger partial charge in [-0.1, -0.05) is 13.8 Å². The number of hydrogen-bond acceptors (Lipinski definition) is 8. The Morgan fingerprint density at radius 1 is 1.29 bits per heavy atom. The lowest BCUT2D eigenvalue weighted by molar-refractivity contribution is 0.161. The highest BCUT2D eigenvalue weighted by Gasteiger charge is 2.10. The molecule has 1 atom stereocenters. The number of imidazole rings is 1. The standard InChI is InChI=1S/C12H20N8O/c1-8(2)5-9(21)6-15-10-16-11(19-13)18-12(17-10)20-4-3-14-7-20/h3-4,7-9,21H,5-6,13H2,1-2H3,(H2,15,16,17,18,19). The average Bonchev–Trinajstić information content (AvgIpc) is 2.98. The number of aliphatic hydroxyl groups is 1. The Morgan fingerprint density at radius 2 is 2.05 bits per heavy atom. The summed E-state index contributed by atoms with van der Waals surface area (Å²) < 4.78 is 1.64. The molecule has 2 heterocycles. The van der Waals surface area contributed by atoms with Crippen LogP contribution in [-0.4, -0.2) is 42.3 Å². The molecular weight excluding hydrogens is 272 g/mol. The summed E-state index contributed by atoms with van der Waals surface area (Å²) in [7, 11) is 0. The number of nitrogens with one attached hydrogen (secondary N) is 2. The molecule has 0 aliphatic carbocycles. The highest BCUT2D eigenvalue weighted by Crippen LogP contribution is 2.10. The molecule has 0 aliphatic rings. The molecule has 9 heteroatoms. The van der Waals surface area contributed by atoms with Crippen molar-refractivity contribution in [3.05, 3.63) is 18.7 Å². The summed E-state index contributed by atoms with van der Waals surface area (Å²) in [6.45, 7) is 4.47. The van der Waals surface area contributed by atoms with E-state index in [-0.39, 0.29) is 5.95 Å². The van der Waals surface area contributed by atoms with Gasteiger partial charge >= 0.3 is 0 Å². The summed E-state index contributed by atoms with van der Waals surface area (Å²) in [5.74, 6) is 6.73. The molecule has 0 amide bonds. The smallest absolute Gasteiger partial charge is 0.243 e. The summed E-state index contributed by atoms with van der Waals surface area (Å²) >= 11 is 0. The fourth-order valence-electron chi connectivity index (χ4n) is 1.84. The third kappa shape index (κ3) is 4.36. The maximum Gasteiger partial charge on any atom is 0.243 e. The fourth-order valence-corrected chi connectivity index (χ4v) is 1.84. The van der Waals surface area contributed by atoms with E-state index in [1.54, 1.807) is 23.3 Å². The summed E-state index contributed by atoms with van der Waals surface area (Å²) in [5, 5.41) is 12.9. The number of nitrogen functional groups attached to an aromatic ring is 1. The molecule has 2 aromatic heterocycles. The number of nitrogens with zero attached hydrogens (tertiary/aromatic N) is 5. The monoisotopic (exact) mass is 292 g/mol. The van der Waals surface area contributed by atoms with Gasteiger partial charge in [-0.15, -0.1) is 0 Å². The Morgan fingerprint density at radius 3 is 2.67 bits per heavy atom. The van der Waals surface area contributed by atoms with Crippen LogP contribution in [0.3, 0.4) is 0 Å². The lowest BCUT2D eigenvalue weighted by atomic mass is 10.1. The van der Waals surface area contributed by atoms with Gasteiger partial charge in [-0.2, -0.15) is 15.0 Å². The first kappa shape index (κ1) is 15.1. The third-order valence-electron chi connectivity index (χ3n) is 2.73. The molecule has 2 rings (SSSR count). The van der Waals surface area contributed by atoms with E-state index in [1.165, 1.54) is 0 Å². The van der Waals surface area contributed by atoms with Crippen molar-refractivity contribution in [2.24, 2.45) is 11.8 Å². The molecule has 0 fully saturated rings. The zero-order chi connectivity index (χ0) is 15.2. The van der Waals surface area contributed by atoms with E-state index in [2.05, 4.69) is 44.5 Å². The van der Waals surface area contributed by atoms with Crippen molar-refractivity contribution in [3.63, 3.8) is 0 Å². The van der Waals surface area contributed by atoms with Crippen LogP contribution in [-0.2, 0) is 0 Å². The predicted octanol–water partition coefficient (Wildman–Crippen LogP) is 0.162. The Balaban J connectivity index is 2.10. The molecule has 114 valence electrons. The van der Waals surface area contributed by atoms with Crippen LogP contribution in [0.5, 0.6) is 0 Å². The summed E-state index contributed by atoms with van der Waals surface area (Å²) in [5.41, 5.74) is 2.39. The Hall–Kier alpha value is -2.26. The molecule has 0 aromatic carbocycles. The number of aromatic nitrogens is 5. The van der Waals surface area contributed by atoms with E-state index in [4.69, 9.17) is 5.84 Å². The van der Waals surface area contributed by atoms with Crippen LogP contribution in [0.15, 0.2) is 18.7 Å². The van der Waals surface area contributed by atoms with Gasteiger partial charge in [0, 0.05) is 18.9 Å². The SMILES string of the molecule is CC(C)CC(O)CNc1nc(NN)nc(-n2ccnc2)n1. The Labute approximate surface area is 122 Å². The van der Waals surface area contributed by atoms with Crippen molar-refractivity contribution >= 4 is 11.9 Å². The van der Waals surface area contributed by atoms with Gasteiger partial charge in [0.25, 0.3) is 0 Å². The molecule has 0 saturated heterocycles. The van der Waals surface area contributed by atoms with Gasteiger partial charge in [0.15, 0.2) is 0 Å². The van der Waals surface area contributed by atoms with Gasteiger partial charge in [-0.3, -0.25) is 9.99 Å². The second-order valence-electron chi connectivity index (χ2n) is 5.06. The molecule has 0 bridgehead atoms. The van der Waals surface area contributed by atoms with Crippen LogP contribution >= 0.6 is 0 Å². The molecule has 2 aromatic rings. The van der Waals surface area contributed by atoms with Crippen LogP contribution in [0.25, 0.3) is 5.95 Å². The molecule has 1 unspecified atom stereocenters. The van der Waals surface area contributed by atoms with Crippen LogP contribution < -0.4 is 16.6 Å². The van der Waals surface area contributed by atoms with Crippen molar-refractivity contribution in [3.8, 4) is 5.95 Å². The highest BCUT2D eigenvalue weighted by atomic mass is 16.3. The zero-order valence-corrected chi connectivity index (χ0v) is 12.1. The first-order valence-electron chi connectivity index (χ1n) is 6.71. The van der Waals surface area contributed by atoms with Crippen LogP contribution in [0.4, 0.5) is 11.9 Å². The van der Waals surface area contributed by atoms with E-state index in [9.17, 15) is 5.11 Å². The van der Waals surface area contributed by atoms with Crippen LogP contribution in [0.1, 0.15) is 20.3 Å². The van der Waals surface area contributed by atoms with E-state index >= 15 is 0 Å². The molecule has 0 radical (unpaired) electrons. The second-order valence-corrected chi connectivity index (χ2v) is 5.06. The minimum atomic E-state index is -0.465. The summed E-state index contributed by atoms with van der Waals surface area (Å²) in [6.07, 6.45) is 5.15. The molecular formula is C12H20N8O. The quantitative estimate of drug-likeness (QED) is 0.420. The van der Waals surface area contributed by atoms with Gasteiger partial charge in [0.05, 0.1) is 6.10 Å². The molecule has 0 spiro atoms. The number of anilines is 2. The maximum absolute atomic E-state index is 9.87. The Bertz CT molecular complexity index is 556. The fraction of sp³-hybridized carbons (Fsp3) is 0.500. The Kier molecular flexibility index (Phi) is 5.01. The molecule has 0 aliphatic heterocycles. The largest absolute Gasteiger partial charge is 0.391 e. The number of hydrazine groups is 1. The van der Waals surface area contributed by atoms with Gasteiger partial charge < -0.3 is 10.4 Å². The van der Waals surface area contributed by atoms with Gasteiger partial charge in [0.2, 0.25) is 17.8 Å². The molecule has 0 saturated carbocycles. The van der Waals surface area contributed by atoms with Crippen molar-refractivity contribution in [2.75, 3.05) is 17.3 Å². The topological polar surface area (TPSA) is 127 Å². The molecule has 5 N–H and O–H groups in total. The van der Waals surface area contributed by atoms with E-state index in [0.29, 0.717) is 30.8 Å². The van der Waals surface area contributed by atoms with Gasteiger partial charge in [0.1, 0.15) is 6.33 Å². The van der Waals surface area contributed by atoms with Gasteiger partial charge in [-0.25, -0.2) is 10.8 Å². The second kappa shape index (κ2) is 6.95. The van der Waals surface area contributed by atoms with Crippen LogP contribution in [0.2, 0.25) is 0 Å². The predicted molar refractivity (Wildman–Crippen MR) is 78.7 cm³/mol. The lowest BCUT2D eigenvalue weighted by Gasteiger charge is -2.14. The molecule has 21 heavy (non-hydrogen) atoms. The zero-order valence-electron chi connectivity index (χ0n) is 12.1. The van der Waals surface area contributed by atoms with Crippen molar-refractivity contribution < 1.29 is 5.11 Å². The van der Waals surface area contributed by atoms with E-state index in [0.717, 1.165) is 0 Å².